The van der Waals surface area contributed by atoms with Crippen LogP contribution in [0.5, 0.6) is 0 Å². The smallest absolute Gasteiger partial charge is 0.341 e. The molecular formula is C27H24N2O7S3. The van der Waals surface area contributed by atoms with Crippen molar-refractivity contribution >= 4 is 61.2 Å². The number of carbonyl (C=O) groups is 3. The number of carbonyl (C=O) groups excluding carboxylic acids is 3. The van der Waals surface area contributed by atoms with Crippen LogP contribution in [-0.4, -0.2) is 39.0 Å². The quantitative estimate of drug-likeness (QED) is 0.231. The van der Waals surface area contributed by atoms with Crippen LogP contribution in [-0.2, 0) is 24.3 Å². The Morgan fingerprint density at radius 1 is 0.949 bits per heavy atom. The largest absolute Gasteiger partial charge is 0.462 e. The fourth-order valence-electron chi connectivity index (χ4n) is 3.38. The van der Waals surface area contributed by atoms with E-state index < -0.39 is 34.0 Å². The van der Waals surface area contributed by atoms with Gasteiger partial charge >= 0.3 is 11.9 Å². The van der Waals surface area contributed by atoms with E-state index in [2.05, 4.69) is 10.0 Å². The summed E-state index contributed by atoms with van der Waals surface area (Å²) in [5, 5.41) is 4.61. The van der Waals surface area contributed by atoms with Gasteiger partial charge in [-0.15, -0.1) is 22.7 Å². The summed E-state index contributed by atoms with van der Waals surface area (Å²) in [5.74, 6) is -1.98. The summed E-state index contributed by atoms with van der Waals surface area (Å²) in [4.78, 5) is 38.8. The molecule has 1 atom stereocenters. The lowest BCUT2D eigenvalue weighted by atomic mass is 10.1. The summed E-state index contributed by atoms with van der Waals surface area (Å²) in [6, 6.07) is 19.8. The molecule has 1 amide bonds. The minimum atomic E-state index is -3.73. The second-order valence-electron chi connectivity index (χ2n) is 8.09. The van der Waals surface area contributed by atoms with Crippen molar-refractivity contribution in [3.05, 3.63) is 89.3 Å². The molecule has 2 aromatic carbocycles. The third kappa shape index (κ3) is 6.91. The number of nitrogens with one attached hydrogen (secondary N) is 2. The van der Waals surface area contributed by atoms with Gasteiger partial charge in [0.1, 0.15) is 9.21 Å². The van der Waals surface area contributed by atoms with Crippen molar-refractivity contribution in [3.8, 4) is 10.4 Å². The third-order valence-corrected chi connectivity index (χ3v) is 9.19. The summed E-state index contributed by atoms with van der Waals surface area (Å²) in [7, 11) is -3.73. The molecule has 0 saturated carbocycles. The van der Waals surface area contributed by atoms with Gasteiger partial charge in [0, 0.05) is 10.6 Å². The number of sulfonamides is 1. The Hall–Kier alpha value is -4.00. The molecule has 202 valence electrons. The number of ether oxygens (including phenoxy) is 2. The van der Waals surface area contributed by atoms with E-state index in [0.29, 0.717) is 0 Å². The molecule has 9 nitrogen and oxygen atoms in total. The third-order valence-electron chi connectivity index (χ3n) is 5.31. The number of esters is 2. The van der Waals surface area contributed by atoms with Crippen LogP contribution in [0.1, 0.15) is 34.6 Å². The number of hydrogen-bond acceptors (Lipinski definition) is 9. The Bertz CT molecular complexity index is 1560. The molecule has 4 aromatic rings. The maximum atomic E-state index is 12.9. The molecule has 12 heteroatoms. The van der Waals surface area contributed by atoms with Crippen molar-refractivity contribution in [2.45, 2.75) is 24.2 Å². The Labute approximate surface area is 233 Å². The summed E-state index contributed by atoms with van der Waals surface area (Å²) in [6.45, 7) is 3.27. The van der Waals surface area contributed by atoms with E-state index in [9.17, 15) is 22.8 Å². The molecule has 0 radical (unpaired) electrons. The predicted molar refractivity (Wildman–Crippen MR) is 151 cm³/mol. The Morgan fingerprint density at radius 3 is 2.31 bits per heavy atom. The Balaban J connectivity index is 1.42. The highest BCUT2D eigenvalue weighted by Crippen LogP contribution is 2.36. The van der Waals surface area contributed by atoms with Gasteiger partial charge in [-0.25, -0.2) is 18.0 Å². The van der Waals surface area contributed by atoms with Crippen LogP contribution >= 0.6 is 22.7 Å². The van der Waals surface area contributed by atoms with E-state index in [-0.39, 0.29) is 32.6 Å². The molecule has 2 N–H and O–H groups in total. The van der Waals surface area contributed by atoms with Crippen molar-refractivity contribution in [1.82, 2.24) is 0 Å². The fraction of sp³-hybridized carbons (Fsp3) is 0.148. The van der Waals surface area contributed by atoms with E-state index in [1.54, 1.807) is 24.4 Å². The van der Waals surface area contributed by atoms with Crippen LogP contribution < -0.4 is 10.0 Å². The zero-order chi connectivity index (χ0) is 28.0. The normalized spacial score (nSPS) is 11.8. The zero-order valence-electron chi connectivity index (χ0n) is 20.9. The first kappa shape index (κ1) is 28.0. The van der Waals surface area contributed by atoms with Gasteiger partial charge in [-0.05, 0) is 61.2 Å². The number of anilines is 2. The lowest BCUT2D eigenvalue weighted by molar-refractivity contribution is -0.123. The van der Waals surface area contributed by atoms with Gasteiger partial charge in [0.05, 0.1) is 17.7 Å². The number of benzene rings is 2. The lowest BCUT2D eigenvalue weighted by Gasteiger charge is -2.14. The molecule has 2 aromatic heterocycles. The van der Waals surface area contributed by atoms with E-state index >= 15 is 0 Å². The molecule has 0 spiro atoms. The number of hydrogen-bond donors (Lipinski definition) is 2. The first-order valence-electron chi connectivity index (χ1n) is 11.7. The topological polar surface area (TPSA) is 128 Å². The molecule has 2 heterocycles. The van der Waals surface area contributed by atoms with E-state index in [1.165, 1.54) is 48.6 Å². The first-order valence-corrected chi connectivity index (χ1v) is 14.9. The van der Waals surface area contributed by atoms with Crippen LogP contribution in [0, 0.1) is 0 Å². The number of thiophene rings is 2. The van der Waals surface area contributed by atoms with Crippen molar-refractivity contribution in [3.63, 3.8) is 0 Å². The second kappa shape index (κ2) is 12.2. The minimum Gasteiger partial charge on any atom is -0.462 e. The van der Waals surface area contributed by atoms with E-state index in [1.807, 2.05) is 30.3 Å². The van der Waals surface area contributed by atoms with Gasteiger partial charge in [0.2, 0.25) is 0 Å². The highest BCUT2D eigenvalue weighted by Gasteiger charge is 2.24. The molecule has 0 aliphatic carbocycles. The zero-order valence-corrected chi connectivity index (χ0v) is 23.3. The van der Waals surface area contributed by atoms with Crippen molar-refractivity contribution in [2.24, 2.45) is 0 Å². The average Bonchev–Trinajstić information content (AvgIpc) is 3.61. The first-order chi connectivity index (χ1) is 18.7. The number of amides is 1. The van der Waals surface area contributed by atoms with E-state index in [0.717, 1.165) is 21.8 Å². The maximum Gasteiger partial charge on any atom is 0.341 e. The second-order valence-corrected chi connectivity index (χ2v) is 12.0. The Kier molecular flexibility index (Phi) is 8.79. The van der Waals surface area contributed by atoms with Crippen molar-refractivity contribution in [1.29, 1.82) is 0 Å². The molecule has 0 aliphatic rings. The van der Waals surface area contributed by atoms with Gasteiger partial charge < -0.3 is 14.8 Å². The number of rotatable bonds is 10. The van der Waals surface area contributed by atoms with Crippen LogP contribution in [0.4, 0.5) is 10.7 Å². The average molecular weight is 585 g/mol. The standard InChI is InChI=1S/C27H24N2O7S3/c1-3-35-27(32)21-16-22(18-8-5-4-6-9-18)38-25(21)28-24(30)17(2)36-26(31)19-11-13-20(14-12-19)29-39(33,34)23-10-7-15-37-23/h4-17,29H,3H2,1-2H3,(H,28,30). The lowest BCUT2D eigenvalue weighted by Crippen LogP contribution is -2.30. The highest BCUT2D eigenvalue weighted by atomic mass is 32.2. The molecule has 1 unspecified atom stereocenters. The summed E-state index contributed by atoms with van der Waals surface area (Å²) in [6.07, 6.45) is -1.19. The van der Waals surface area contributed by atoms with Gasteiger partial charge in [0.25, 0.3) is 15.9 Å². The summed E-state index contributed by atoms with van der Waals surface area (Å²) < 4.78 is 37.8. The SMILES string of the molecule is CCOC(=O)c1cc(-c2ccccc2)sc1NC(=O)C(C)OC(=O)c1ccc(NS(=O)(=O)c2cccs2)cc1. The fourth-order valence-corrected chi connectivity index (χ4v) is 6.49. The molecule has 39 heavy (non-hydrogen) atoms. The summed E-state index contributed by atoms with van der Waals surface area (Å²) in [5.41, 5.74) is 1.47. The summed E-state index contributed by atoms with van der Waals surface area (Å²) >= 11 is 2.29. The molecule has 0 fully saturated rings. The predicted octanol–water partition coefficient (Wildman–Crippen LogP) is 5.64. The Morgan fingerprint density at radius 2 is 1.67 bits per heavy atom. The van der Waals surface area contributed by atoms with Crippen LogP contribution in [0.25, 0.3) is 10.4 Å². The molecule has 4 rings (SSSR count). The van der Waals surface area contributed by atoms with Gasteiger partial charge in [-0.3, -0.25) is 9.52 Å². The van der Waals surface area contributed by atoms with Crippen molar-refractivity contribution < 1.29 is 32.3 Å². The van der Waals surface area contributed by atoms with Gasteiger partial charge in [-0.2, -0.15) is 0 Å². The van der Waals surface area contributed by atoms with Gasteiger partial charge in [-0.1, -0.05) is 36.4 Å². The van der Waals surface area contributed by atoms with Crippen LogP contribution in [0.3, 0.4) is 0 Å². The molecule has 0 bridgehead atoms. The maximum absolute atomic E-state index is 12.9. The monoisotopic (exact) mass is 584 g/mol. The van der Waals surface area contributed by atoms with Gasteiger partial charge in [0.15, 0.2) is 6.10 Å². The molecular weight excluding hydrogens is 561 g/mol. The van der Waals surface area contributed by atoms with Crippen LogP contribution in [0.15, 0.2) is 82.4 Å². The van der Waals surface area contributed by atoms with Crippen LogP contribution in [0.2, 0.25) is 0 Å². The molecule has 0 saturated heterocycles. The highest BCUT2D eigenvalue weighted by molar-refractivity contribution is 7.94. The van der Waals surface area contributed by atoms with E-state index in [4.69, 9.17) is 9.47 Å². The van der Waals surface area contributed by atoms with Crippen molar-refractivity contribution in [2.75, 3.05) is 16.6 Å². The molecule has 0 aliphatic heterocycles. The minimum absolute atomic E-state index is 0.128.